The van der Waals surface area contributed by atoms with Gasteiger partial charge in [0.15, 0.2) is 0 Å². The SMILES string of the molecule is CCC1CCC(CNc2nnc(CNCC(C)C)o2)CC1. The molecule has 0 unspecified atom stereocenters. The Labute approximate surface area is 128 Å². The zero-order valence-electron chi connectivity index (χ0n) is 13.7. The summed E-state index contributed by atoms with van der Waals surface area (Å²) in [5.74, 6) is 2.99. The van der Waals surface area contributed by atoms with Crippen LogP contribution < -0.4 is 10.6 Å². The zero-order chi connectivity index (χ0) is 15.1. The van der Waals surface area contributed by atoms with Gasteiger partial charge in [-0.25, -0.2) is 0 Å². The van der Waals surface area contributed by atoms with Crippen LogP contribution in [0, 0.1) is 17.8 Å². The molecule has 0 spiro atoms. The number of rotatable bonds is 8. The second kappa shape index (κ2) is 8.37. The van der Waals surface area contributed by atoms with E-state index in [4.69, 9.17) is 4.42 Å². The fraction of sp³-hybridized carbons (Fsp3) is 0.875. The van der Waals surface area contributed by atoms with Crippen LogP contribution in [0.15, 0.2) is 4.42 Å². The number of aromatic nitrogens is 2. The second-order valence-corrected chi connectivity index (χ2v) is 6.70. The minimum absolute atomic E-state index is 0.564. The molecule has 0 aromatic carbocycles. The van der Waals surface area contributed by atoms with Gasteiger partial charge < -0.3 is 15.1 Å². The van der Waals surface area contributed by atoms with Crippen LogP contribution in [0.2, 0.25) is 0 Å². The Bertz CT molecular complexity index is 397. The molecule has 1 aliphatic carbocycles. The van der Waals surface area contributed by atoms with Crippen LogP contribution in [0.25, 0.3) is 0 Å². The van der Waals surface area contributed by atoms with Gasteiger partial charge in [0, 0.05) is 6.54 Å². The molecule has 120 valence electrons. The van der Waals surface area contributed by atoms with Crippen molar-refractivity contribution in [3.63, 3.8) is 0 Å². The fourth-order valence-electron chi connectivity index (χ4n) is 2.94. The summed E-state index contributed by atoms with van der Waals surface area (Å²) in [5, 5.41) is 14.7. The molecule has 0 aliphatic heterocycles. The van der Waals surface area contributed by atoms with Gasteiger partial charge in [0.2, 0.25) is 5.89 Å². The average molecular weight is 294 g/mol. The Hall–Kier alpha value is -1.10. The van der Waals surface area contributed by atoms with Crippen LogP contribution >= 0.6 is 0 Å². The van der Waals surface area contributed by atoms with Gasteiger partial charge in [-0.3, -0.25) is 0 Å². The molecule has 1 heterocycles. The van der Waals surface area contributed by atoms with Crippen molar-refractivity contribution >= 4 is 6.01 Å². The van der Waals surface area contributed by atoms with Gasteiger partial charge in [0.05, 0.1) is 6.54 Å². The van der Waals surface area contributed by atoms with Gasteiger partial charge in [-0.15, -0.1) is 5.10 Å². The Morgan fingerprint density at radius 1 is 1.14 bits per heavy atom. The number of hydrogen-bond donors (Lipinski definition) is 2. The lowest BCUT2D eigenvalue weighted by atomic mass is 9.81. The Kier molecular flexibility index (Phi) is 6.49. The monoisotopic (exact) mass is 294 g/mol. The molecule has 5 heteroatoms. The Morgan fingerprint density at radius 3 is 2.52 bits per heavy atom. The van der Waals surface area contributed by atoms with Crippen molar-refractivity contribution in [3.05, 3.63) is 5.89 Å². The minimum atomic E-state index is 0.564. The van der Waals surface area contributed by atoms with E-state index in [0.29, 0.717) is 24.4 Å². The molecular formula is C16H30N4O. The molecule has 0 amide bonds. The van der Waals surface area contributed by atoms with Crippen molar-refractivity contribution in [2.45, 2.75) is 59.4 Å². The summed E-state index contributed by atoms with van der Waals surface area (Å²) in [6.07, 6.45) is 6.72. The third kappa shape index (κ3) is 5.65. The Balaban J connectivity index is 1.66. The molecule has 5 nitrogen and oxygen atoms in total. The standard InChI is InChI=1S/C16H30N4O/c1-4-13-5-7-14(8-6-13)10-18-16-20-19-15(21-16)11-17-9-12(2)3/h12-14,17H,4-11H2,1-3H3,(H,18,20). The fourth-order valence-corrected chi connectivity index (χ4v) is 2.94. The van der Waals surface area contributed by atoms with Crippen LogP contribution in [0.5, 0.6) is 0 Å². The molecular weight excluding hydrogens is 264 g/mol. The molecule has 21 heavy (non-hydrogen) atoms. The van der Waals surface area contributed by atoms with E-state index in [2.05, 4.69) is 41.6 Å². The summed E-state index contributed by atoms with van der Waals surface area (Å²) in [6.45, 7) is 9.23. The summed E-state index contributed by atoms with van der Waals surface area (Å²) in [5.41, 5.74) is 0. The summed E-state index contributed by atoms with van der Waals surface area (Å²) < 4.78 is 5.60. The van der Waals surface area contributed by atoms with Crippen LogP contribution in [0.4, 0.5) is 6.01 Å². The molecule has 1 aliphatic rings. The third-order valence-electron chi connectivity index (χ3n) is 4.38. The number of hydrogen-bond acceptors (Lipinski definition) is 5. The van der Waals surface area contributed by atoms with Gasteiger partial charge in [0.25, 0.3) is 0 Å². The van der Waals surface area contributed by atoms with Gasteiger partial charge in [-0.05, 0) is 37.1 Å². The quantitative estimate of drug-likeness (QED) is 0.769. The van der Waals surface area contributed by atoms with E-state index in [1.54, 1.807) is 0 Å². The molecule has 0 radical (unpaired) electrons. The molecule has 1 aromatic rings. The summed E-state index contributed by atoms with van der Waals surface area (Å²) in [4.78, 5) is 0. The second-order valence-electron chi connectivity index (χ2n) is 6.70. The lowest BCUT2D eigenvalue weighted by Crippen LogP contribution is -2.21. The van der Waals surface area contributed by atoms with Crippen molar-refractivity contribution < 1.29 is 4.42 Å². The van der Waals surface area contributed by atoms with Crippen molar-refractivity contribution in [3.8, 4) is 0 Å². The summed E-state index contributed by atoms with van der Waals surface area (Å²) >= 11 is 0. The van der Waals surface area contributed by atoms with Crippen molar-refractivity contribution in [1.29, 1.82) is 0 Å². The maximum absolute atomic E-state index is 5.60. The highest BCUT2D eigenvalue weighted by atomic mass is 16.4. The van der Waals surface area contributed by atoms with Gasteiger partial charge >= 0.3 is 6.01 Å². The molecule has 0 bridgehead atoms. The summed E-state index contributed by atoms with van der Waals surface area (Å²) in [6, 6.07) is 0.564. The molecule has 2 rings (SSSR count). The molecule has 0 saturated heterocycles. The predicted octanol–water partition coefficient (Wildman–Crippen LogP) is 3.44. The Morgan fingerprint density at radius 2 is 1.86 bits per heavy atom. The number of anilines is 1. The van der Waals surface area contributed by atoms with E-state index < -0.39 is 0 Å². The van der Waals surface area contributed by atoms with Crippen molar-refractivity contribution in [2.24, 2.45) is 17.8 Å². The third-order valence-corrected chi connectivity index (χ3v) is 4.38. The number of nitrogens with one attached hydrogen (secondary N) is 2. The molecule has 1 aromatic heterocycles. The van der Waals surface area contributed by atoms with E-state index in [1.165, 1.54) is 32.1 Å². The van der Waals surface area contributed by atoms with Crippen LogP contribution in [-0.4, -0.2) is 23.3 Å². The first-order chi connectivity index (χ1) is 10.2. The maximum Gasteiger partial charge on any atom is 0.315 e. The largest absolute Gasteiger partial charge is 0.407 e. The number of nitrogens with zero attached hydrogens (tertiary/aromatic N) is 2. The van der Waals surface area contributed by atoms with Crippen molar-refractivity contribution in [2.75, 3.05) is 18.4 Å². The van der Waals surface area contributed by atoms with Crippen molar-refractivity contribution in [1.82, 2.24) is 15.5 Å². The lowest BCUT2D eigenvalue weighted by molar-refractivity contribution is 0.277. The highest BCUT2D eigenvalue weighted by Crippen LogP contribution is 2.30. The molecule has 1 saturated carbocycles. The van der Waals surface area contributed by atoms with E-state index in [9.17, 15) is 0 Å². The van der Waals surface area contributed by atoms with E-state index in [1.807, 2.05) is 0 Å². The van der Waals surface area contributed by atoms with E-state index >= 15 is 0 Å². The van der Waals surface area contributed by atoms with Crippen LogP contribution in [0.3, 0.4) is 0 Å². The minimum Gasteiger partial charge on any atom is -0.407 e. The molecule has 2 N–H and O–H groups in total. The molecule has 1 fully saturated rings. The first kappa shape index (κ1) is 16.3. The van der Waals surface area contributed by atoms with E-state index in [-0.39, 0.29) is 0 Å². The first-order valence-corrected chi connectivity index (χ1v) is 8.44. The topological polar surface area (TPSA) is 63.0 Å². The van der Waals surface area contributed by atoms with Crippen LogP contribution in [0.1, 0.15) is 58.8 Å². The average Bonchev–Trinajstić information content (AvgIpc) is 2.93. The predicted molar refractivity (Wildman–Crippen MR) is 85.1 cm³/mol. The summed E-state index contributed by atoms with van der Waals surface area (Å²) in [7, 11) is 0. The van der Waals surface area contributed by atoms with Crippen LogP contribution in [-0.2, 0) is 6.54 Å². The lowest BCUT2D eigenvalue weighted by Gasteiger charge is -2.27. The highest BCUT2D eigenvalue weighted by Gasteiger charge is 2.20. The van der Waals surface area contributed by atoms with E-state index in [0.717, 1.165) is 24.9 Å². The maximum atomic E-state index is 5.60. The van der Waals surface area contributed by atoms with Gasteiger partial charge in [-0.2, -0.15) is 0 Å². The molecule has 0 atom stereocenters. The first-order valence-electron chi connectivity index (χ1n) is 8.44. The normalized spacial score (nSPS) is 22.7. The van der Waals surface area contributed by atoms with Gasteiger partial charge in [0.1, 0.15) is 0 Å². The zero-order valence-corrected chi connectivity index (χ0v) is 13.7. The highest BCUT2D eigenvalue weighted by molar-refractivity contribution is 5.16. The smallest absolute Gasteiger partial charge is 0.315 e. The van der Waals surface area contributed by atoms with Gasteiger partial charge in [-0.1, -0.05) is 45.1 Å².